The molecule has 7 heteroatoms. The van der Waals surface area contributed by atoms with E-state index in [1.165, 1.54) is 0 Å². The molecule has 0 spiro atoms. The number of rotatable bonds is 3. The number of hydrogen-bond acceptors (Lipinski definition) is 4. The third-order valence-corrected chi connectivity index (χ3v) is 4.88. The molecule has 4 rings (SSSR count). The summed E-state index contributed by atoms with van der Waals surface area (Å²) < 4.78 is 1.69. The summed E-state index contributed by atoms with van der Waals surface area (Å²) >= 11 is 0. The monoisotopic (exact) mass is 376 g/mol. The van der Waals surface area contributed by atoms with Gasteiger partial charge in [0.15, 0.2) is 0 Å². The fourth-order valence-electron chi connectivity index (χ4n) is 3.36. The van der Waals surface area contributed by atoms with E-state index in [1.807, 2.05) is 31.2 Å². The molecule has 2 aromatic carbocycles. The molecule has 1 aliphatic rings. The Morgan fingerprint density at radius 1 is 1.11 bits per heavy atom. The maximum atomic E-state index is 12.5. The van der Waals surface area contributed by atoms with Gasteiger partial charge in [0.05, 0.1) is 17.3 Å². The standard InChI is InChI=1S/C21H20N4O3/c1-13-4-6-14(7-5-13)11-19(26)23-24-20(27)15-8-9-16-17(12-15)22-18-3-2-10-25(18)21(16)28/h4-9,12H,2-3,10-11H2,1H3,(H,23,26)(H,24,27). The Morgan fingerprint density at radius 2 is 1.89 bits per heavy atom. The van der Waals surface area contributed by atoms with Gasteiger partial charge in [-0.2, -0.15) is 0 Å². The van der Waals surface area contributed by atoms with E-state index in [-0.39, 0.29) is 17.9 Å². The van der Waals surface area contributed by atoms with E-state index in [1.54, 1.807) is 22.8 Å². The Labute approximate surface area is 161 Å². The molecule has 1 aromatic heterocycles. The number of aryl methyl sites for hydroxylation is 2. The van der Waals surface area contributed by atoms with Crippen molar-refractivity contribution in [1.29, 1.82) is 0 Å². The van der Waals surface area contributed by atoms with Gasteiger partial charge in [0.1, 0.15) is 5.82 Å². The first-order chi connectivity index (χ1) is 13.5. The number of nitrogens with zero attached hydrogens (tertiary/aromatic N) is 2. The van der Waals surface area contributed by atoms with Gasteiger partial charge in [-0.1, -0.05) is 29.8 Å². The van der Waals surface area contributed by atoms with Gasteiger partial charge in [0.2, 0.25) is 5.91 Å². The van der Waals surface area contributed by atoms with Crippen LogP contribution in [0, 0.1) is 6.92 Å². The van der Waals surface area contributed by atoms with Crippen LogP contribution in [-0.2, 0) is 24.2 Å². The number of hydrazine groups is 1. The molecule has 7 nitrogen and oxygen atoms in total. The van der Waals surface area contributed by atoms with Crippen molar-refractivity contribution in [2.75, 3.05) is 0 Å². The third-order valence-electron chi connectivity index (χ3n) is 4.88. The van der Waals surface area contributed by atoms with Crippen LogP contribution in [0.1, 0.15) is 33.7 Å². The Kier molecular flexibility index (Phi) is 4.65. The van der Waals surface area contributed by atoms with Crippen LogP contribution >= 0.6 is 0 Å². The predicted octanol–water partition coefficient (Wildman–Crippen LogP) is 1.65. The highest BCUT2D eigenvalue weighted by Gasteiger charge is 2.17. The van der Waals surface area contributed by atoms with Crippen LogP contribution in [0.15, 0.2) is 47.3 Å². The van der Waals surface area contributed by atoms with Gasteiger partial charge in [0.25, 0.3) is 11.5 Å². The second kappa shape index (κ2) is 7.26. The summed E-state index contributed by atoms with van der Waals surface area (Å²) in [7, 11) is 0. The van der Waals surface area contributed by atoms with Gasteiger partial charge < -0.3 is 0 Å². The van der Waals surface area contributed by atoms with Crippen LogP contribution in [0.5, 0.6) is 0 Å². The van der Waals surface area contributed by atoms with Crippen molar-refractivity contribution in [1.82, 2.24) is 20.4 Å². The van der Waals surface area contributed by atoms with E-state index in [0.29, 0.717) is 23.0 Å². The number of carbonyl (C=O) groups excluding carboxylic acids is 2. The second-order valence-electron chi connectivity index (χ2n) is 6.98. The summed E-state index contributed by atoms with van der Waals surface area (Å²) in [5, 5.41) is 0.491. The first kappa shape index (κ1) is 17.9. The van der Waals surface area contributed by atoms with Gasteiger partial charge in [-0.05, 0) is 37.1 Å². The number of aromatic nitrogens is 2. The summed E-state index contributed by atoms with van der Waals surface area (Å²) in [4.78, 5) is 41.4. The zero-order valence-corrected chi connectivity index (χ0v) is 15.5. The molecule has 0 fully saturated rings. The summed E-state index contributed by atoms with van der Waals surface area (Å²) in [5.74, 6) is -0.0183. The predicted molar refractivity (Wildman–Crippen MR) is 105 cm³/mol. The molecule has 0 atom stereocenters. The molecule has 0 saturated carbocycles. The lowest BCUT2D eigenvalue weighted by molar-refractivity contribution is -0.121. The Bertz CT molecular complexity index is 1130. The Morgan fingerprint density at radius 3 is 2.68 bits per heavy atom. The molecule has 1 aliphatic heterocycles. The van der Waals surface area contributed by atoms with Crippen LogP contribution in [0.25, 0.3) is 10.9 Å². The SMILES string of the molecule is Cc1ccc(CC(=O)NNC(=O)c2ccc3c(=O)n4c(nc3c2)CCC4)cc1. The maximum Gasteiger partial charge on any atom is 0.269 e. The molecule has 0 saturated heterocycles. The highest BCUT2D eigenvalue weighted by molar-refractivity contribution is 5.98. The van der Waals surface area contributed by atoms with Crippen molar-refractivity contribution < 1.29 is 9.59 Å². The lowest BCUT2D eigenvalue weighted by atomic mass is 10.1. The minimum Gasteiger partial charge on any atom is -0.296 e. The summed E-state index contributed by atoms with van der Waals surface area (Å²) in [6.07, 6.45) is 1.83. The first-order valence-electron chi connectivity index (χ1n) is 9.19. The van der Waals surface area contributed by atoms with Crippen LogP contribution in [-0.4, -0.2) is 21.4 Å². The van der Waals surface area contributed by atoms with Gasteiger partial charge in [-0.3, -0.25) is 29.8 Å². The molecular weight excluding hydrogens is 356 g/mol. The first-order valence-corrected chi connectivity index (χ1v) is 9.19. The van der Waals surface area contributed by atoms with Gasteiger partial charge in [0, 0.05) is 18.5 Å². The normalized spacial score (nSPS) is 12.6. The summed E-state index contributed by atoms with van der Waals surface area (Å²) in [6, 6.07) is 12.4. The zero-order chi connectivity index (χ0) is 19.7. The average molecular weight is 376 g/mol. The molecule has 0 unspecified atom stereocenters. The van der Waals surface area contributed by atoms with Crippen molar-refractivity contribution in [2.24, 2.45) is 0 Å². The fourth-order valence-corrected chi connectivity index (χ4v) is 3.36. The smallest absolute Gasteiger partial charge is 0.269 e. The fraction of sp³-hybridized carbons (Fsp3) is 0.238. The lowest BCUT2D eigenvalue weighted by Gasteiger charge is -2.09. The summed E-state index contributed by atoms with van der Waals surface area (Å²) in [6.45, 7) is 2.66. The van der Waals surface area contributed by atoms with Crippen molar-refractivity contribution in [3.8, 4) is 0 Å². The van der Waals surface area contributed by atoms with E-state index < -0.39 is 5.91 Å². The average Bonchev–Trinajstić information content (AvgIpc) is 3.16. The third kappa shape index (κ3) is 3.51. The lowest BCUT2D eigenvalue weighted by Crippen LogP contribution is -2.42. The highest BCUT2D eigenvalue weighted by Crippen LogP contribution is 2.16. The molecule has 3 aromatic rings. The van der Waals surface area contributed by atoms with Gasteiger partial charge in [-0.15, -0.1) is 0 Å². The number of benzene rings is 2. The number of nitrogens with one attached hydrogen (secondary N) is 2. The van der Waals surface area contributed by atoms with Crippen molar-refractivity contribution in [2.45, 2.75) is 32.7 Å². The maximum absolute atomic E-state index is 12.5. The van der Waals surface area contributed by atoms with Gasteiger partial charge in [-0.25, -0.2) is 4.98 Å². The number of fused-ring (bicyclic) bond motifs is 2. The van der Waals surface area contributed by atoms with E-state index in [0.717, 1.165) is 29.8 Å². The minimum absolute atomic E-state index is 0.0733. The number of amides is 2. The Hall–Kier alpha value is -3.48. The molecule has 28 heavy (non-hydrogen) atoms. The van der Waals surface area contributed by atoms with Crippen LogP contribution in [0.3, 0.4) is 0 Å². The van der Waals surface area contributed by atoms with E-state index in [9.17, 15) is 14.4 Å². The Balaban J connectivity index is 1.45. The van der Waals surface area contributed by atoms with Crippen LogP contribution in [0.4, 0.5) is 0 Å². The molecular formula is C21H20N4O3. The second-order valence-corrected chi connectivity index (χ2v) is 6.98. The van der Waals surface area contributed by atoms with Crippen molar-refractivity contribution in [3.63, 3.8) is 0 Å². The van der Waals surface area contributed by atoms with Crippen LogP contribution < -0.4 is 16.4 Å². The topological polar surface area (TPSA) is 93.1 Å². The number of hydrogen-bond donors (Lipinski definition) is 2. The molecule has 0 bridgehead atoms. The van der Waals surface area contributed by atoms with E-state index >= 15 is 0 Å². The van der Waals surface area contributed by atoms with E-state index in [2.05, 4.69) is 15.8 Å². The molecule has 142 valence electrons. The molecule has 2 N–H and O–H groups in total. The quantitative estimate of drug-likeness (QED) is 0.680. The van der Waals surface area contributed by atoms with Crippen molar-refractivity contribution in [3.05, 3.63) is 75.3 Å². The highest BCUT2D eigenvalue weighted by atomic mass is 16.2. The number of carbonyl (C=O) groups is 2. The molecule has 2 amide bonds. The molecule has 2 heterocycles. The van der Waals surface area contributed by atoms with E-state index in [4.69, 9.17) is 0 Å². The molecule has 0 aliphatic carbocycles. The zero-order valence-electron chi connectivity index (χ0n) is 15.5. The summed E-state index contributed by atoms with van der Waals surface area (Å²) in [5.41, 5.74) is 7.57. The largest absolute Gasteiger partial charge is 0.296 e. The minimum atomic E-state index is -0.457. The van der Waals surface area contributed by atoms with Crippen molar-refractivity contribution >= 4 is 22.7 Å². The van der Waals surface area contributed by atoms with Crippen LogP contribution in [0.2, 0.25) is 0 Å². The van der Waals surface area contributed by atoms with Gasteiger partial charge >= 0.3 is 0 Å². The molecule has 0 radical (unpaired) electrons.